The van der Waals surface area contributed by atoms with Crippen molar-refractivity contribution >= 4 is 50.7 Å². The molecule has 0 amide bonds. The quantitative estimate of drug-likeness (QED) is 0.486. The van der Waals surface area contributed by atoms with Crippen molar-refractivity contribution in [3.8, 4) is 11.3 Å². The van der Waals surface area contributed by atoms with E-state index >= 15 is 0 Å². The predicted octanol–water partition coefficient (Wildman–Crippen LogP) is 7.08. The number of aromatic nitrogens is 1. The van der Waals surface area contributed by atoms with E-state index in [1.54, 1.807) is 11.3 Å². The number of hydrogen-bond acceptors (Lipinski definition) is 3. The van der Waals surface area contributed by atoms with E-state index in [0.717, 1.165) is 22.1 Å². The van der Waals surface area contributed by atoms with Crippen molar-refractivity contribution in [2.75, 3.05) is 5.32 Å². The van der Waals surface area contributed by atoms with E-state index in [2.05, 4.69) is 60.7 Å². The fraction of sp³-hybridized carbons (Fsp3) is 0.211. The molecule has 0 atom stereocenters. The first-order valence-corrected chi connectivity index (χ1v) is 8.77. The third-order valence-electron chi connectivity index (χ3n) is 3.67. The molecule has 0 fully saturated rings. The number of hydrogen-bond donors (Lipinski definition) is 1. The molecule has 24 heavy (non-hydrogen) atoms. The molecule has 2 nitrogen and oxygen atoms in total. The van der Waals surface area contributed by atoms with E-state index in [9.17, 15) is 0 Å². The summed E-state index contributed by atoms with van der Waals surface area (Å²) in [6.45, 7) is 6.66. The predicted molar refractivity (Wildman–Crippen MR) is 111 cm³/mol. The number of thiazole rings is 1. The highest BCUT2D eigenvalue weighted by Crippen LogP contribution is 2.31. The van der Waals surface area contributed by atoms with Crippen molar-refractivity contribution in [2.45, 2.75) is 26.2 Å². The fourth-order valence-corrected chi connectivity index (χ4v) is 3.20. The van der Waals surface area contributed by atoms with E-state index in [4.69, 9.17) is 11.6 Å². The number of nitrogens with one attached hydrogen (secondary N) is 1. The number of nitrogens with zero attached hydrogens (tertiary/aromatic N) is 1. The van der Waals surface area contributed by atoms with Crippen LogP contribution in [-0.4, -0.2) is 4.98 Å². The fourth-order valence-electron chi connectivity index (χ4n) is 2.28. The summed E-state index contributed by atoms with van der Waals surface area (Å²) in [5.41, 5.74) is 4.47. The van der Waals surface area contributed by atoms with Gasteiger partial charge in [0.05, 0.1) is 16.4 Å². The van der Waals surface area contributed by atoms with Crippen LogP contribution in [0.3, 0.4) is 0 Å². The summed E-state index contributed by atoms with van der Waals surface area (Å²) in [4.78, 5) is 4.66. The summed E-state index contributed by atoms with van der Waals surface area (Å²) in [7, 11) is 0. The molecular weight excluding hydrogens is 404 g/mol. The topological polar surface area (TPSA) is 24.9 Å². The number of halogens is 2. The van der Waals surface area contributed by atoms with Crippen molar-refractivity contribution in [3.63, 3.8) is 0 Å². The molecule has 0 unspecified atom stereocenters. The highest BCUT2D eigenvalue weighted by atomic mass is 79.9. The molecule has 0 saturated carbocycles. The molecule has 0 saturated heterocycles. The molecule has 1 N–H and O–H groups in total. The Kier molecular flexibility index (Phi) is 6.07. The summed E-state index contributed by atoms with van der Waals surface area (Å²) in [5, 5.41) is 6.87. The lowest BCUT2D eigenvalue weighted by Crippen LogP contribution is -2.10. The van der Waals surface area contributed by atoms with Crippen LogP contribution < -0.4 is 5.32 Å². The van der Waals surface area contributed by atoms with E-state index in [1.165, 1.54) is 5.56 Å². The van der Waals surface area contributed by atoms with E-state index in [1.807, 2.05) is 24.3 Å². The second-order valence-corrected chi connectivity index (χ2v) is 7.74. The Morgan fingerprint density at radius 3 is 2.29 bits per heavy atom. The first-order chi connectivity index (χ1) is 10.9. The van der Waals surface area contributed by atoms with Gasteiger partial charge in [0.25, 0.3) is 0 Å². The van der Waals surface area contributed by atoms with Crippen molar-refractivity contribution in [3.05, 3.63) is 64.5 Å². The first kappa shape index (κ1) is 19.0. The normalized spacial score (nSPS) is 11.0. The number of anilines is 2. The maximum atomic E-state index is 6.17. The van der Waals surface area contributed by atoms with Crippen LogP contribution in [-0.2, 0) is 5.41 Å². The van der Waals surface area contributed by atoms with Gasteiger partial charge in [0.15, 0.2) is 5.13 Å². The van der Waals surface area contributed by atoms with Crippen LogP contribution in [0.25, 0.3) is 11.3 Å². The van der Waals surface area contributed by atoms with Crippen LogP contribution >= 0.6 is 39.9 Å². The Bertz CT molecular complexity index is 807. The lowest BCUT2D eigenvalue weighted by Gasteiger charge is -2.18. The molecule has 0 radical (unpaired) electrons. The zero-order chi connectivity index (χ0) is 16.4. The molecule has 3 rings (SSSR count). The average Bonchev–Trinajstić information content (AvgIpc) is 2.97. The smallest absolute Gasteiger partial charge is 0.187 e. The van der Waals surface area contributed by atoms with Gasteiger partial charge in [0.1, 0.15) is 0 Å². The summed E-state index contributed by atoms with van der Waals surface area (Å²) in [5.74, 6) is 0. The lowest BCUT2D eigenvalue weighted by atomic mass is 9.86. The molecule has 0 bridgehead atoms. The largest absolute Gasteiger partial charge is 0.330 e. The Balaban J connectivity index is 0.00000208. The third kappa shape index (κ3) is 4.38. The second-order valence-electron chi connectivity index (χ2n) is 6.47. The zero-order valence-corrected chi connectivity index (χ0v) is 17.1. The standard InChI is InChI=1S/C19H19ClN2S.BrH/c1-19(2,3)14-10-8-13(9-11-14)17-12-23-18(22-17)21-16-7-5-4-6-15(16)20;/h4-12H,1-3H3,(H,21,22);1H. The number of benzene rings is 2. The maximum Gasteiger partial charge on any atom is 0.187 e. The molecule has 5 heteroatoms. The van der Waals surface area contributed by atoms with Gasteiger partial charge in [-0.15, -0.1) is 28.3 Å². The molecule has 0 aliphatic carbocycles. The van der Waals surface area contributed by atoms with Gasteiger partial charge in [-0.05, 0) is 23.1 Å². The van der Waals surface area contributed by atoms with Gasteiger partial charge in [-0.2, -0.15) is 0 Å². The van der Waals surface area contributed by atoms with Crippen LogP contribution in [0, 0.1) is 0 Å². The zero-order valence-electron chi connectivity index (χ0n) is 13.8. The molecule has 0 spiro atoms. The molecule has 1 aromatic heterocycles. The monoisotopic (exact) mass is 422 g/mol. The first-order valence-electron chi connectivity index (χ1n) is 7.51. The molecule has 126 valence electrons. The maximum absolute atomic E-state index is 6.17. The van der Waals surface area contributed by atoms with Crippen molar-refractivity contribution in [2.24, 2.45) is 0 Å². The van der Waals surface area contributed by atoms with Crippen LogP contribution in [0.4, 0.5) is 10.8 Å². The Hall–Kier alpha value is -1.36. The molecule has 2 aromatic carbocycles. The third-order valence-corrected chi connectivity index (χ3v) is 4.75. The minimum atomic E-state index is 0. The van der Waals surface area contributed by atoms with E-state index in [-0.39, 0.29) is 22.4 Å². The highest BCUT2D eigenvalue weighted by Gasteiger charge is 2.13. The molecular formula is C19H20BrClN2S. The minimum absolute atomic E-state index is 0. The van der Waals surface area contributed by atoms with Crippen LogP contribution in [0.15, 0.2) is 53.9 Å². The van der Waals surface area contributed by atoms with E-state index < -0.39 is 0 Å². The Morgan fingerprint density at radius 1 is 1.00 bits per heavy atom. The van der Waals surface area contributed by atoms with Gasteiger partial charge >= 0.3 is 0 Å². The van der Waals surface area contributed by atoms with Crippen molar-refractivity contribution < 1.29 is 0 Å². The molecule has 0 aliphatic heterocycles. The van der Waals surface area contributed by atoms with Gasteiger partial charge in [-0.3, -0.25) is 0 Å². The number of rotatable bonds is 3. The van der Waals surface area contributed by atoms with Gasteiger partial charge in [0, 0.05) is 10.9 Å². The SMILES string of the molecule is Br.CC(C)(C)c1ccc(-c2csc(Nc3ccccc3Cl)n2)cc1. The van der Waals surface area contributed by atoms with Gasteiger partial charge in [-0.1, -0.05) is 68.8 Å². The Morgan fingerprint density at radius 2 is 1.67 bits per heavy atom. The summed E-state index contributed by atoms with van der Waals surface area (Å²) >= 11 is 7.75. The van der Waals surface area contributed by atoms with Gasteiger partial charge in [-0.25, -0.2) is 4.98 Å². The summed E-state index contributed by atoms with van der Waals surface area (Å²) in [6, 6.07) is 16.3. The van der Waals surface area contributed by atoms with Crippen molar-refractivity contribution in [1.29, 1.82) is 0 Å². The molecule has 3 aromatic rings. The lowest BCUT2D eigenvalue weighted by molar-refractivity contribution is 0.590. The van der Waals surface area contributed by atoms with Crippen LogP contribution in [0.5, 0.6) is 0 Å². The molecule has 0 aliphatic rings. The molecule has 1 heterocycles. The summed E-state index contributed by atoms with van der Waals surface area (Å²) < 4.78 is 0. The van der Waals surface area contributed by atoms with E-state index in [0.29, 0.717) is 5.02 Å². The minimum Gasteiger partial charge on any atom is -0.330 e. The van der Waals surface area contributed by atoms with Crippen LogP contribution in [0.1, 0.15) is 26.3 Å². The van der Waals surface area contributed by atoms with Crippen LogP contribution in [0.2, 0.25) is 5.02 Å². The summed E-state index contributed by atoms with van der Waals surface area (Å²) in [6.07, 6.45) is 0. The van der Waals surface area contributed by atoms with Gasteiger partial charge in [0.2, 0.25) is 0 Å². The van der Waals surface area contributed by atoms with Crippen molar-refractivity contribution in [1.82, 2.24) is 4.98 Å². The second kappa shape index (κ2) is 7.68. The number of para-hydroxylation sites is 1. The Labute approximate surface area is 162 Å². The average molecular weight is 424 g/mol. The van der Waals surface area contributed by atoms with Gasteiger partial charge < -0.3 is 5.32 Å². The highest BCUT2D eigenvalue weighted by molar-refractivity contribution is 8.93.